The Bertz CT molecular complexity index is 1800. The summed E-state index contributed by atoms with van der Waals surface area (Å²) in [5.74, 6) is -11.9. The Balaban J connectivity index is 2.96. The van der Waals surface area contributed by atoms with E-state index in [9.17, 15) is 48.3 Å². The monoisotopic (exact) mass is 1020 g/mol. The van der Waals surface area contributed by atoms with Crippen LogP contribution in [-0.2, 0) is 52.5 Å². The summed E-state index contributed by atoms with van der Waals surface area (Å²) in [4.78, 5) is 120. The van der Waals surface area contributed by atoms with Gasteiger partial charge in [0.15, 0.2) is 23.0 Å². The Morgan fingerprint density at radius 1 is 0.635 bits per heavy atom. The first-order valence-corrected chi connectivity index (χ1v) is 21.9. The van der Waals surface area contributed by atoms with Crippen molar-refractivity contribution >= 4 is 97.0 Å². The molecule has 0 saturated carbocycles. The molecular formula is C39H60Br2N8O14. The Morgan fingerprint density at radius 2 is 1.06 bits per heavy atom. The van der Waals surface area contributed by atoms with Crippen molar-refractivity contribution in [2.45, 2.75) is 76.9 Å². The lowest BCUT2D eigenvalue weighted by atomic mass is 9.71. The molecule has 63 heavy (non-hydrogen) atoms. The first kappa shape index (κ1) is 55.9. The fourth-order valence-corrected chi connectivity index (χ4v) is 7.40. The van der Waals surface area contributed by atoms with E-state index >= 15 is 0 Å². The quantitative estimate of drug-likeness (QED) is 0.0281. The van der Waals surface area contributed by atoms with Gasteiger partial charge in [0, 0.05) is 38.0 Å². The number of hydrogen-bond donors (Lipinski definition) is 7. The summed E-state index contributed by atoms with van der Waals surface area (Å²) in [5.41, 5.74) is 10.1. The number of aromatic nitrogens is 2. The summed E-state index contributed by atoms with van der Waals surface area (Å²) in [6, 6.07) is 0. The fourth-order valence-electron chi connectivity index (χ4n) is 6.25. The normalized spacial score (nSPS) is 14.5. The number of anilines is 2. The number of rotatable bonds is 27. The molecule has 354 valence electrons. The molecule has 22 nitrogen and oxygen atoms in total. The van der Waals surface area contributed by atoms with E-state index in [2.05, 4.69) is 67.8 Å². The molecule has 0 fully saturated rings. The molecule has 24 heteroatoms. The van der Waals surface area contributed by atoms with Crippen molar-refractivity contribution in [2.75, 3.05) is 65.1 Å². The number of amides is 4. The average Bonchev–Trinajstić information content (AvgIpc) is 3.24. The lowest BCUT2D eigenvalue weighted by Crippen LogP contribution is -2.48. The molecule has 1 aromatic heterocycles. The standard InChI is InChI=1S/C39H60Br2N8O14/c1-9-62-35(56)19(3)15-21(17-22(34(54)55)18-24(40)37(58)60-7)30(50)44-11-13-46-32(52)25-28(42)49-26(29(43)48-25)33(53)47-14-12-45-31(51)23(16-20(4)36(57)63-10-2)39(5,6)27(41)38(59)61-8/h19-24,27H,9-18H2,1-8H3,(H2,42,49)(H2,43,48)(H,44,50)(H,45,51)(H,46,52)(H,47,53)(H,54,55). The number of halogens is 2. The second-order valence-corrected chi connectivity index (χ2v) is 17.0. The topological polar surface area (TPSA) is 337 Å². The van der Waals surface area contributed by atoms with Crippen molar-refractivity contribution in [3.8, 4) is 0 Å². The van der Waals surface area contributed by atoms with Crippen LogP contribution in [0, 0.1) is 35.0 Å². The molecule has 7 unspecified atom stereocenters. The van der Waals surface area contributed by atoms with E-state index in [4.69, 9.17) is 25.7 Å². The highest BCUT2D eigenvalue weighted by Gasteiger charge is 2.45. The minimum Gasteiger partial charge on any atom is -0.481 e. The molecule has 0 aliphatic carbocycles. The van der Waals surface area contributed by atoms with E-state index in [0.29, 0.717) is 0 Å². The number of alkyl halides is 2. The number of carboxylic acid groups (broad SMARTS) is 1. The third-order valence-corrected chi connectivity index (χ3v) is 12.2. The lowest BCUT2D eigenvalue weighted by Gasteiger charge is -2.37. The van der Waals surface area contributed by atoms with Crippen LogP contribution in [0.5, 0.6) is 0 Å². The predicted molar refractivity (Wildman–Crippen MR) is 233 cm³/mol. The summed E-state index contributed by atoms with van der Waals surface area (Å²) >= 11 is 6.43. The second kappa shape index (κ2) is 27.1. The van der Waals surface area contributed by atoms with Gasteiger partial charge in [-0.05, 0) is 44.9 Å². The highest BCUT2D eigenvalue weighted by Crippen LogP contribution is 2.40. The highest BCUT2D eigenvalue weighted by molar-refractivity contribution is 9.10. The highest BCUT2D eigenvalue weighted by atomic mass is 79.9. The van der Waals surface area contributed by atoms with Gasteiger partial charge in [0.1, 0.15) is 9.65 Å². The van der Waals surface area contributed by atoms with Gasteiger partial charge in [-0.1, -0.05) is 59.6 Å². The van der Waals surface area contributed by atoms with Crippen molar-refractivity contribution in [1.29, 1.82) is 0 Å². The largest absolute Gasteiger partial charge is 0.481 e. The molecule has 1 aromatic rings. The molecule has 0 aromatic carbocycles. The van der Waals surface area contributed by atoms with Crippen molar-refractivity contribution in [3.05, 3.63) is 11.4 Å². The zero-order valence-electron chi connectivity index (χ0n) is 36.7. The number of nitrogens with zero attached hydrogens (tertiary/aromatic N) is 2. The Labute approximate surface area is 382 Å². The number of carboxylic acids is 1. The van der Waals surface area contributed by atoms with Gasteiger partial charge in [-0.2, -0.15) is 0 Å². The molecular weight excluding hydrogens is 964 g/mol. The average molecular weight is 1020 g/mol. The van der Waals surface area contributed by atoms with Gasteiger partial charge < -0.3 is 56.8 Å². The maximum atomic E-state index is 13.5. The smallest absolute Gasteiger partial charge is 0.320 e. The summed E-state index contributed by atoms with van der Waals surface area (Å²) in [5, 5.41) is 20.2. The fraction of sp³-hybridized carbons (Fsp3) is 0.667. The number of ether oxygens (including phenoxy) is 4. The van der Waals surface area contributed by atoms with Crippen LogP contribution in [0.1, 0.15) is 88.2 Å². The molecule has 0 bridgehead atoms. The Kier molecular flexibility index (Phi) is 24.1. The van der Waals surface area contributed by atoms with Gasteiger partial charge in [-0.3, -0.25) is 43.2 Å². The molecule has 7 atom stereocenters. The van der Waals surface area contributed by atoms with Crippen LogP contribution < -0.4 is 32.7 Å². The summed E-state index contributed by atoms with van der Waals surface area (Å²) < 4.78 is 19.6. The lowest BCUT2D eigenvalue weighted by molar-refractivity contribution is -0.150. The third kappa shape index (κ3) is 17.5. The van der Waals surface area contributed by atoms with E-state index in [1.807, 2.05) is 0 Å². The number of nitrogens with one attached hydrogen (secondary N) is 4. The third-order valence-electron chi connectivity index (χ3n) is 9.92. The number of esters is 4. The first-order valence-electron chi connectivity index (χ1n) is 20.0. The van der Waals surface area contributed by atoms with Crippen LogP contribution in [0.3, 0.4) is 0 Å². The van der Waals surface area contributed by atoms with Crippen molar-refractivity contribution in [3.63, 3.8) is 0 Å². The van der Waals surface area contributed by atoms with Gasteiger partial charge in [0.05, 0.1) is 45.2 Å². The molecule has 0 saturated heterocycles. The van der Waals surface area contributed by atoms with E-state index in [1.165, 1.54) is 14.0 Å². The van der Waals surface area contributed by atoms with E-state index < -0.39 is 121 Å². The zero-order chi connectivity index (χ0) is 48.2. The van der Waals surface area contributed by atoms with Crippen LogP contribution in [0.2, 0.25) is 0 Å². The Hall–Kier alpha value is -5.13. The maximum absolute atomic E-state index is 13.5. The number of methoxy groups -OCH3 is 2. The van der Waals surface area contributed by atoms with Gasteiger partial charge in [-0.15, -0.1) is 0 Å². The summed E-state index contributed by atoms with van der Waals surface area (Å²) in [6.45, 7) is 9.47. The maximum Gasteiger partial charge on any atom is 0.320 e. The molecule has 0 spiro atoms. The van der Waals surface area contributed by atoms with Crippen molar-refractivity contribution < 1.29 is 67.2 Å². The number of nitrogen functional groups attached to an aromatic ring is 2. The number of nitrogens with two attached hydrogens (primary N) is 2. The summed E-state index contributed by atoms with van der Waals surface area (Å²) in [7, 11) is 2.36. The first-order chi connectivity index (χ1) is 29.5. The van der Waals surface area contributed by atoms with Crippen LogP contribution in [0.15, 0.2) is 0 Å². The minimum atomic E-state index is -1.27. The number of carbonyl (C=O) groups is 9. The Morgan fingerprint density at radius 3 is 1.49 bits per heavy atom. The number of aliphatic carboxylic acids is 1. The second-order valence-electron chi connectivity index (χ2n) is 15.0. The van der Waals surface area contributed by atoms with E-state index in [1.54, 1.807) is 34.6 Å². The summed E-state index contributed by atoms with van der Waals surface area (Å²) in [6.07, 6.45) is -0.462. The van der Waals surface area contributed by atoms with E-state index in [0.717, 1.165) is 7.11 Å². The van der Waals surface area contributed by atoms with E-state index in [-0.39, 0.29) is 65.1 Å². The van der Waals surface area contributed by atoms with Crippen LogP contribution in [0.4, 0.5) is 11.6 Å². The molecule has 0 radical (unpaired) electrons. The number of carbonyl (C=O) groups excluding carboxylic acids is 8. The van der Waals surface area contributed by atoms with Gasteiger partial charge in [0.25, 0.3) is 11.8 Å². The molecule has 0 aliphatic heterocycles. The predicted octanol–water partition coefficient (Wildman–Crippen LogP) is 1.12. The molecule has 9 N–H and O–H groups in total. The van der Waals surface area contributed by atoms with Gasteiger partial charge >= 0.3 is 29.8 Å². The van der Waals surface area contributed by atoms with Gasteiger partial charge in [-0.25, -0.2) is 9.97 Å². The van der Waals surface area contributed by atoms with Crippen molar-refractivity contribution in [2.24, 2.45) is 35.0 Å². The number of hydrogen-bond acceptors (Lipinski definition) is 17. The molecule has 1 rings (SSSR count). The SMILES string of the molecule is CCOC(=O)C(C)CC(CC(CC(Br)C(=O)OC)C(=O)O)C(=O)NCCNC(=O)c1nc(N)c(C(=O)NCCNC(=O)C(CC(C)C(=O)OCC)C(C)(C)C(Br)C(=O)OC)nc1N. The van der Waals surface area contributed by atoms with Crippen LogP contribution in [0.25, 0.3) is 0 Å². The molecule has 0 aliphatic rings. The van der Waals surface area contributed by atoms with Crippen LogP contribution >= 0.6 is 31.9 Å². The van der Waals surface area contributed by atoms with Gasteiger partial charge in [0.2, 0.25) is 11.8 Å². The molecule has 4 amide bonds. The van der Waals surface area contributed by atoms with Crippen LogP contribution in [-0.4, -0.2) is 132 Å². The minimum absolute atomic E-state index is 0.0371. The zero-order valence-corrected chi connectivity index (χ0v) is 39.8. The molecule has 1 heterocycles. The van der Waals surface area contributed by atoms with Crippen molar-refractivity contribution in [1.82, 2.24) is 31.2 Å².